The molecule has 8 heteroatoms. The van der Waals surface area contributed by atoms with E-state index in [-0.39, 0.29) is 17.8 Å². The predicted octanol–water partition coefficient (Wildman–Crippen LogP) is 4.65. The van der Waals surface area contributed by atoms with Gasteiger partial charge < -0.3 is 20.1 Å². The highest BCUT2D eigenvalue weighted by Gasteiger charge is 2.40. The molecule has 0 saturated heterocycles. The van der Waals surface area contributed by atoms with E-state index in [2.05, 4.69) is 4.74 Å². The Kier molecular flexibility index (Phi) is 11.1. The second kappa shape index (κ2) is 13.3. The third kappa shape index (κ3) is 9.26. The van der Waals surface area contributed by atoms with E-state index in [1.54, 1.807) is 6.07 Å². The Labute approximate surface area is 194 Å². The molecule has 1 fully saturated rings. The Morgan fingerprint density at radius 1 is 1.06 bits per heavy atom. The molecule has 1 aliphatic carbocycles. The molecule has 5 atom stereocenters. The highest BCUT2D eigenvalue weighted by molar-refractivity contribution is 5.68. The molecule has 5 unspecified atom stereocenters. The second-order valence-electron chi connectivity index (χ2n) is 9.20. The van der Waals surface area contributed by atoms with Crippen LogP contribution in [-0.4, -0.2) is 46.7 Å². The van der Waals surface area contributed by atoms with Crippen LogP contribution in [-0.2, 0) is 22.1 Å². The van der Waals surface area contributed by atoms with Crippen LogP contribution < -0.4 is 0 Å². The molecule has 188 valence electrons. The summed E-state index contributed by atoms with van der Waals surface area (Å²) in [4.78, 5) is 11.1. The standard InChI is InChI=1S/C25H37F3O5/c1-33-24(32)10-5-3-2-4-9-20-21(23(31)16-22(20)30)14-13-19(29)12-11-17-7-6-8-18(15-17)25(26,27)28/h6-8,15,19-23,29-31H,2-5,9-14,16H2,1H3. The van der Waals surface area contributed by atoms with Gasteiger partial charge in [-0.3, -0.25) is 4.79 Å². The normalized spacial score (nSPS) is 24.1. The van der Waals surface area contributed by atoms with Crippen LogP contribution in [0.4, 0.5) is 13.2 Å². The van der Waals surface area contributed by atoms with Crippen molar-refractivity contribution in [2.24, 2.45) is 11.8 Å². The van der Waals surface area contributed by atoms with E-state index in [0.29, 0.717) is 44.1 Å². The summed E-state index contributed by atoms with van der Waals surface area (Å²) in [5.41, 5.74) is -0.157. The molecule has 1 aromatic carbocycles. The number of carbonyl (C=O) groups is 1. The first-order valence-electron chi connectivity index (χ1n) is 11.9. The lowest BCUT2D eigenvalue weighted by atomic mass is 9.84. The summed E-state index contributed by atoms with van der Waals surface area (Å²) >= 11 is 0. The van der Waals surface area contributed by atoms with E-state index in [4.69, 9.17) is 0 Å². The zero-order valence-electron chi connectivity index (χ0n) is 19.3. The summed E-state index contributed by atoms with van der Waals surface area (Å²) in [6, 6.07) is 5.15. The average Bonchev–Trinajstić information content (AvgIpc) is 3.04. The molecule has 0 aromatic heterocycles. The predicted molar refractivity (Wildman–Crippen MR) is 118 cm³/mol. The molecule has 0 aliphatic heterocycles. The van der Waals surface area contributed by atoms with Gasteiger partial charge in [0.1, 0.15) is 0 Å². The van der Waals surface area contributed by atoms with E-state index >= 15 is 0 Å². The molecule has 1 saturated carbocycles. The van der Waals surface area contributed by atoms with E-state index in [1.165, 1.54) is 13.2 Å². The maximum absolute atomic E-state index is 12.8. The first-order valence-corrected chi connectivity index (χ1v) is 11.9. The highest BCUT2D eigenvalue weighted by Crippen LogP contribution is 2.39. The lowest BCUT2D eigenvalue weighted by Gasteiger charge is -2.24. The number of methoxy groups -OCH3 is 1. The van der Waals surface area contributed by atoms with Crippen LogP contribution in [0.5, 0.6) is 0 Å². The number of aliphatic hydroxyl groups is 3. The molecule has 0 bridgehead atoms. The minimum absolute atomic E-state index is 0.0312. The van der Waals surface area contributed by atoms with Gasteiger partial charge in [0, 0.05) is 6.42 Å². The Morgan fingerprint density at radius 3 is 2.39 bits per heavy atom. The molecule has 3 N–H and O–H groups in total. The van der Waals surface area contributed by atoms with Gasteiger partial charge in [0.05, 0.1) is 31.0 Å². The minimum Gasteiger partial charge on any atom is -0.469 e. The van der Waals surface area contributed by atoms with E-state index in [1.807, 2.05) is 0 Å². The van der Waals surface area contributed by atoms with E-state index in [9.17, 15) is 33.3 Å². The Hall–Kier alpha value is -1.64. The van der Waals surface area contributed by atoms with Crippen molar-refractivity contribution < 1.29 is 38.0 Å². The van der Waals surface area contributed by atoms with Gasteiger partial charge in [0.25, 0.3) is 0 Å². The van der Waals surface area contributed by atoms with E-state index < -0.39 is 30.1 Å². The lowest BCUT2D eigenvalue weighted by Crippen LogP contribution is -2.24. The third-order valence-corrected chi connectivity index (χ3v) is 6.77. The fourth-order valence-corrected chi connectivity index (χ4v) is 4.85. The SMILES string of the molecule is COC(=O)CCCCCCC1C(O)CC(O)C1CCC(O)CCc1cccc(C(F)(F)F)c1. The molecule has 0 radical (unpaired) electrons. The van der Waals surface area contributed by atoms with Crippen molar-refractivity contribution in [3.8, 4) is 0 Å². The summed E-state index contributed by atoms with van der Waals surface area (Å²) < 4.78 is 43.2. The number of hydrogen-bond donors (Lipinski definition) is 3. The molecule has 0 spiro atoms. The molecule has 0 heterocycles. The lowest BCUT2D eigenvalue weighted by molar-refractivity contribution is -0.140. The van der Waals surface area contributed by atoms with Crippen molar-refractivity contribution in [2.45, 2.75) is 95.1 Å². The van der Waals surface area contributed by atoms with Crippen molar-refractivity contribution in [1.82, 2.24) is 0 Å². The number of aliphatic hydroxyl groups excluding tert-OH is 3. The van der Waals surface area contributed by atoms with Gasteiger partial charge in [-0.2, -0.15) is 13.2 Å². The molecule has 1 aromatic rings. The molecule has 1 aliphatic rings. The zero-order valence-corrected chi connectivity index (χ0v) is 19.3. The number of aryl methyl sites for hydroxylation is 1. The van der Waals surface area contributed by atoms with Gasteiger partial charge in [-0.05, 0) is 68.4 Å². The van der Waals surface area contributed by atoms with Crippen LogP contribution >= 0.6 is 0 Å². The smallest absolute Gasteiger partial charge is 0.416 e. The summed E-state index contributed by atoms with van der Waals surface area (Å²) in [5, 5.41) is 31.1. The Bertz CT molecular complexity index is 724. The summed E-state index contributed by atoms with van der Waals surface area (Å²) in [5.74, 6) is -0.342. The van der Waals surface area contributed by atoms with Gasteiger partial charge in [0.15, 0.2) is 0 Å². The first-order chi connectivity index (χ1) is 15.6. The van der Waals surface area contributed by atoms with Gasteiger partial charge >= 0.3 is 12.1 Å². The fourth-order valence-electron chi connectivity index (χ4n) is 4.85. The number of benzene rings is 1. The van der Waals surface area contributed by atoms with Gasteiger partial charge in [-0.15, -0.1) is 0 Å². The van der Waals surface area contributed by atoms with Crippen LogP contribution in [0.15, 0.2) is 24.3 Å². The topological polar surface area (TPSA) is 87.0 Å². The van der Waals surface area contributed by atoms with Crippen LogP contribution in [0, 0.1) is 11.8 Å². The molecule has 0 amide bonds. The van der Waals surface area contributed by atoms with Crippen LogP contribution in [0.2, 0.25) is 0 Å². The molecular formula is C25H37F3O5. The van der Waals surface area contributed by atoms with E-state index in [0.717, 1.165) is 44.2 Å². The summed E-state index contributed by atoms with van der Waals surface area (Å²) in [6.45, 7) is 0. The van der Waals surface area contributed by atoms with Crippen LogP contribution in [0.25, 0.3) is 0 Å². The minimum atomic E-state index is -4.38. The summed E-state index contributed by atoms with van der Waals surface area (Å²) in [7, 11) is 1.37. The number of halogens is 3. The van der Waals surface area contributed by atoms with Gasteiger partial charge in [-0.25, -0.2) is 0 Å². The van der Waals surface area contributed by atoms with Crippen molar-refractivity contribution in [3.63, 3.8) is 0 Å². The quantitative estimate of drug-likeness (QED) is 0.286. The van der Waals surface area contributed by atoms with Crippen LogP contribution in [0.1, 0.15) is 75.3 Å². The largest absolute Gasteiger partial charge is 0.469 e. The Morgan fingerprint density at radius 2 is 1.73 bits per heavy atom. The summed E-state index contributed by atoms with van der Waals surface area (Å²) in [6.07, 6.45) is 0.458. The third-order valence-electron chi connectivity index (χ3n) is 6.77. The second-order valence-corrected chi connectivity index (χ2v) is 9.20. The highest BCUT2D eigenvalue weighted by atomic mass is 19.4. The molecule has 5 nitrogen and oxygen atoms in total. The number of ether oxygens (including phenoxy) is 1. The number of carbonyl (C=O) groups excluding carboxylic acids is 1. The van der Waals surface area contributed by atoms with Crippen molar-refractivity contribution in [3.05, 3.63) is 35.4 Å². The Balaban J connectivity index is 1.74. The molecule has 2 rings (SSSR count). The van der Waals surface area contributed by atoms with Gasteiger partial charge in [0.2, 0.25) is 0 Å². The average molecular weight is 475 g/mol. The van der Waals surface area contributed by atoms with Crippen molar-refractivity contribution in [1.29, 1.82) is 0 Å². The number of esters is 1. The van der Waals surface area contributed by atoms with Crippen molar-refractivity contribution in [2.75, 3.05) is 7.11 Å². The fraction of sp³-hybridized carbons (Fsp3) is 0.720. The number of unbranched alkanes of at least 4 members (excludes halogenated alkanes) is 3. The van der Waals surface area contributed by atoms with Gasteiger partial charge in [-0.1, -0.05) is 37.5 Å². The monoisotopic (exact) mass is 474 g/mol. The number of rotatable bonds is 13. The van der Waals surface area contributed by atoms with Crippen molar-refractivity contribution >= 4 is 5.97 Å². The maximum atomic E-state index is 12.8. The number of hydrogen-bond acceptors (Lipinski definition) is 5. The number of alkyl halides is 3. The molecular weight excluding hydrogens is 437 g/mol. The van der Waals surface area contributed by atoms with Crippen LogP contribution in [0.3, 0.4) is 0 Å². The zero-order chi connectivity index (χ0) is 24.4. The molecule has 33 heavy (non-hydrogen) atoms. The maximum Gasteiger partial charge on any atom is 0.416 e. The first kappa shape index (κ1) is 27.6.